The Morgan fingerprint density at radius 1 is 1.27 bits per heavy atom. The predicted octanol–water partition coefficient (Wildman–Crippen LogP) is 3.31. The van der Waals surface area contributed by atoms with Crippen molar-refractivity contribution in [3.8, 4) is 11.4 Å². The van der Waals surface area contributed by atoms with Crippen molar-refractivity contribution in [1.29, 1.82) is 0 Å². The van der Waals surface area contributed by atoms with Crippen molar-refractivity contribution in [2.24, 2.45) is 0 Å². The molecule has 158 valence electrons. The Balaban J connectivity index is 1.52. The van der Waals surface area contributed by atoms with Gasteiger partial charge in [0.1, 0.15) is 11.4 Å². The molecule has 1 fully saturated rings. The third kappa shape index (κ3) is 4.34. The van der Waals surface area contributed by atoms with Crippen LogP contribution >= 0.6 is 0 Å². The molecule has 1 N–H and O–H groups in total. The lowest BCUT2D eigenvalue weighted by molar-refractivity contribution is 0.0206. The summed E-state index contributed by atoms with van der Waals surface area (Å²) in [7, 11) is 0. The van der Waals surface area contributed by atoms with E-state index >= 15 is 0 Å². The maximum Gasteiger partial charge on any atom is 0.410 e. The number of ether oxygens (including phenoxy) is 1. The summed E-state index contributed by atoms with van der Waals surface area (Å²) in [4.78, 5) is 27.6. The number of nitrogens with zero attached hydrogens (tertiary/aromatic N) is 6. The van der Waals surface area contributed by atoms with E-state index in [2.05, 4.69) is 20.4 Å². The molecule has 1 aliphatic heterocycles. The molecule has 4 heterocycles. The number of rotatable bonds is 3. The van der Waals surface area contributed by atoms with Gasteiger partial charge in [0.05, 0.1) is 23.5 Å². The summed E-state index contributed by atoms with van der Waals surface area (Å²) in [5.41, 5.74) is 2.12. The summed E-state index contributed by atoms with van der Waals surface area (Å²) >= 11 is 0. The smallest absolute Gasteiger partial charge is 0.410 e. The highest BCUT2D eigenvalue weighted by Crippen LogP contribution is 2.24. The summed E-state index contributed by atoms with van der Waals surface area (Å²) in [5, 5.41) is 7.84. The molecular weight excluding hydrogens is 382 g/mol. The lowest BCUT2D eigenvalue weighted by atomic mass is 10.1. The fraction of sp³-hybridized carbons (Fsp3) is 0.476. The number of piperidine rings is 1. The highest BCUT2D eigenvalue weighted by Gasteiger charge is 2.28. The van der Waals surface area contributed by atoms with Crippen LogP contribution in [0.2, 0.25) is 0 Å². The number of aromatic nitrogens is 5. The van der Waals surface area contributed by atoms with Crippen LogP contribution in [0.4, 0.5) is 10.6 Å². The molecule has 0 aromatic carbocycles. The van der Waals surface area contributed by atoms with Crippen LogP contribution in [0.15, 0.2) is 31.0 Å². The van der Waals surface area contributed by atoms with E-state index in [4.69, 9.17) is 9.72 Å². The summed E-state index contributed by atoms with van der Waals surface area (Å²) in [5.74, 6) is 1.35. The van der Waals surface area contributed by atoms with Crippen LogP contribution < -0.4 is 5.32 Å². The van der Waals surface area contributed by atoms with Gasteiger partial charge in [0, 0.05) is 43.3 Å². The molecule has 0 radical (unpaired) electrons. The Hall–Kier alpha value is -3.23. The van der Waals surface area contributed by atoms with Gasteiger partial charge in [0.2, 0.25) is 0 Å². The van der Waals surface area contributed by atoms with Gasteiger partial charge in [-0.1, -0.05) is 0 Å². The number of aryl methyl sites for hydroxylation is 1. The Kier molecular flexibility index (Phi) is 5.27. The fourth-order valence-corrected chi connectivity index (χ4v) is 3.51. The van der Waals surface area contributed by atoms with Crippen molar-refractivity contribution in [3.05, 3.63) is 36.5 Å². The molecule has 0 bridgehead atoms. The van der Waals surface area contributed by atoms with Crippen LogP contribution in [-0.2, 0) is 4.74 Å². The topological polar surface area (TPSA) is 97.5 Å². The largest absolute Gasteiger partial charge is 0.444 e. The number of hydrogen-bond donors (Lipinski definition) is 1. The summed E-state index contributed by atoms with van der Waals surface area (Å²) in [6.45, 7) is 8.90. The van der Waals surface area contributed by atoms with E-state index < -0.39 is 5.60 Å². The molecule has 30 heavy (non-hydrogen) atoms. The van der Waals surface area contributed by atoms with E-state index in [1.165, 1.54) is 0 Å². The number of likely N-dealkylation sites (tertiary alicyclic amines) is 1. The van der Waals surface area contributed by atoms with E-state index in [9.17, 15) is 4.79 Å². The minimum absolute atomic E-state index is 0.0956. The number of fused-ring (bicyclic) bond motifs is 1. The quantitative estimate of drug-likeness (QED) is 0.709. The number of amides is 1. The predicted molar refractivity (Wildman–Crippen MR) is 113 cm³/mol. The summed E-state index contributed by atoms with van der Waals surface area (Å²) in [6, 6.07) is 0.0956. The molecule has 0 saturated carbocycles. The summed E-state index contributed by atoms with van der Waals surface area (Å²) < 4.78 is 7.28. The molecule has 1 aliphatic rings. The second-order valence-electron chi connectivity index (χ2n) is 8.60. The first-order chi connectivity index (χ1) is 14.3. The molecule has 1 atom stereocenters. The molecule has 1 amide bonds. The maximum absolute atomic E-state index is 12.4. The lowest BCUT2D eigenvalue weighted by Gasteiger charge is -2.34. The van der Waals surface area contributed by atoms with Crippen LogP contribution in [0.1, 0.15) is 39.2 Å². The van der Waals surface area contributed by atoms with E-state index in [-0.39, 0.29) is 12.1 Å². The first kappa shape index (κ1) is 20.1. The normalized spacial score (nSPS) is 17.2. The standard InChI is InChI=1S/C21H27N7O2/c1-14-10-23-19(16-11-24-28-9-7-22-12-17(16)28)26-18(14)25-15-6-5-8-27(13-15)20(29)30-21(2,3)4/h7,9-12,15H,5-6,8,13H2,1-4H3,(H,23,25,26)/t15-/m1/s1. The highest BCUT2D eigenvalue weighted by atomic mass is 16.6. The van der Waals surface area contributed by atoms with Gasteiger partial charge >= 0.3 is 6.09 Å². The molecular formula is C21H27N7O2. The molecule has 9 heteroatoms. The molecule has 0 spiro atoms. The first-order valence-electron chi connectivity index (χ1n) is 10.2. The van der Waals surface area contributed by atoms with Gasteiger partial charge < -0.3 is 15.0 Å². The second kappa shape index (κ2) is 7.89. The number of hydrogen-bond acceptors (Lipinski definition) is 7. The molecule has 0 aliphatic carbocycles. The first-order valence-corrected chi connectivity index (χ1v) is 10.2. The number of nitrogens with one attached hydrogen (secondary N) is 1. The monoisotopic (exact) mass is 409 g/mol. The SMILES string of the molecule is Cc1cnc(-c2cnn3ccncc23)nc1N[C@@H]1CCCN(C(=O)OC(C)(C)C)C1. The van der Waals surface area contributed by atoms with Crippen LogP contribution in [0.3, 0.4) is 0 Å². The molecule has 1 saturated heterocycles. The van der Waals surface area contributed by atoms with Crippen LogP contribution in [0, 0.1) is 6.92 Å². The molecule has 9 nitrogen and oxygen atoms in total. The molecule has 0 unspecified atom stereocenters. The van der Waals surface area contributed by atoms with Crippen molar-refractivity contribution in [2.75, 3.05) is 18.4 Å². The van der Waals surface area contributed by atoms with Crippen molar-refractivity contribution in [3.63, 3.8) is 0 Å². The fourth-order valence-electron chi connectivity index (χ4n) is 3.51. The van der Waals surface area contributed by atoms with Crippen LogP contribution in [-0.4, -0.2) is 60.3 Å². The lowest BCUT2D eigenvalue weighted by Crippen LogP contribution is -2.47. The van der Waals surface area contributed by atoms with E-state index in [1.807, 2.05) is 27.7 Å². The van der Waals surface area contributed by atoms with Crippen LogP contribution in [0.5, 0.6) is 0 Å². The Bertz CT molecular complexity index is 1060. The van der Waals surface area contributed by atoms with Gasteiger partial charge in [0.25, 0.3) is 0 Å². The molecule has 3 aromatic heterocycles. The van der Waals surface area contributed by atoms with E-state index in [0.29, 0.717) is 18.9 Å². The van der Waals surface area contributed by atoms with Gasteiger partial charge in [-0.25, -0.2) is 19.3 Å². The highest BCUT2D eigenvalue weighted by molar-refractivity contribution is 5.75. The van der Waals surface area contributed by atoms with Gasteiger partial charge in [-0.05, 0) is 40.5 Å². The average Bonchev–Trinajstić information content (AvgIpc) is 3.13. The Labute approximate surface area is 175 Å². The number of carbonyl (C=O) groups is 1. The van der Waals surface area contributed by atoms with Crippen molar-refractivity contribution in [2.45, 2.75) is 52.2 Å². The van der Waals surface area contributed by atoms with Gasteiger partial charge in [0.15, 0.2) is 5.82 Å². The van der Waals surface area contributed by atoms with E-state index in [1.54, 1.807) is 40.4 Å². The van der Waals surface area contributed by atoms with Crippen LogP contribution in [0.25, 0.3) is 16.9 Å². The zero-order valence-electron chi connectivity index (χ0n) is 17.8. The minimum Gasteiger partial charge on any atom is -0.444 e. The number of anilines is 1. The van der Waals surface area contributed by atoms with Crippen molar-refractivity contribution < 1.29 is 9.53 Å². The maximum atomic E-state index is 12.4. The Morgan fingerprint density at radius 2 is 2.10 bits per heavy atom. The second-order valence-corrected chi connectivity index (χ2v) is 8.60. The minimum atomic E-state index is -0.501. The van der Waals surface area contributed by atoms with Gasteiger partial charge in [-0.3, -0.25) is 4.98 Å². The van der Waals surface area contributed by atoms with Gasteiger partial charge in [-0.15, -0.1) is 0 Å². The number of carbonyl (C=O) groups excluding carboxylic acids is 1. The van der Waals surface area contributed by atoms with Crippen molar-refractivity contribution >= 4 is 17.4 Å². The van der Waals surface area contributed by atoms with E-state index in [0.717, 1.165) is 35.3 Å². The van der Waals surface area contributed by atoms with Gasteiger partial charge in [-0.2, -0.15) is 5.10 Å². The third-order valence-electron chi connectivity index (χ3n) is 4.95. The Morgan fingerprint density at radius 3 is 2.90 bits per heavy atom. The molecule has 4 rings (SSSR count). The zero-order valence-corrected chi connectivity index (χ0v) is 17.8. The van der Waals surface area contributed by atoms with Crippen molar-refractivity contribution in [1.82, 2.24) is 29.5 Å². The summed E-state index contributed by atoms with van der Waals surface area (Å²) in [6.07, 6.45) is 10.4. The zero-order chi connectivity index (χ0) is 21.3. The molecule has 3 aromatic rings. The average molecular weight is 409 g/mol. The third-order valence-corrected chi connectivity index (χ3v) is 4.95.